The van der Waals surface area contributed by atoms with Crippen molar-refractivity contribution in [2.24, 2.45) is 0 Å². The Balaban J connectivity index is 1.08. The number of phenolic OH excluding ortho intramolecular Hbond substituents is 1. The number of hydrogen-bond acceptors (Lipinski definition) is 11. The van der Waals surface area contributed by atoms with Gasteiger partial charge in [0.05, 0.1) is 29.5 Å². The standard InChI is InChI=1S/C39H36F3N9O5/c1-2-27-30(41)7-4-22-14-26(52)15-28(32(22)27)34-33(42)35-29(17-44-34)36(46-37(45-35)56-21-39-9-3-11-49(39)18-23(40)16-39)48-19-24-5-6-25(20-48)50(24)31(53)8-12-47-13-10-43-38(47)51(54)55/h1,4,7,10,13-15,17,23-25,52H,3,5-6,8-9,11-12,16,18-21H2/t23-,24?,25?,39+/m1/s1. The summed E-state index contributed by atoms with van der Waals surface area (Å²) in [6.45, 7) is 1.98. The predicted molar refractivity (Wildman–Crippen MR) is 198 cm³/mol. The summed E-state index contributed by atoms with van der Waals surface area (Å²) in [5.41, 5.74) is -0.922. The quantitative estimate of drug-likeness (QED) is 0.120. The number of phenols is 1. The molecule has 1 N–H and O–H groups in total. The van der Waals surface area contributed by atoms with E-state index < -0.39 is 28.3 Å². The van der Waals surface area contributed by atoms with Crippen molar-refractivity contribution >= 4 is 39.3 Å². The molecule has 17 heteroatoms. The number of terminal acetylenes is 1. The smallest absolute Gasteiger partial charge is 0.434 e. The van der Waals surface area contributed by atoms with Gasteiger partial charge < -0.3 is 29.8 Å². The van der Waals surface area contributed by atoms with Crippen molar-refractivity contribution in [1.29, 1.82) is 0 Å². The van der Waals surface area contributed by atoms with Gasteiger partial charge in [-0.2, -0.15) is 9.97 Å². The third-order valence-corrected chi connectivity index (χ3v) is 11.8. The number of ether oxygens (including phenoxy) is 1. The summed E-state index contributed by atoms with van der Waals surface area (Å²) in [5, 5.41) is 22.8. The van der Waals surface area contributed by atoms with Gasteiger partial charge in [0.15, 0.2) is 5.82 Å². The molecule has 0 saturated carbocycles. The first-order valence-corrected chi connectivity index (χ1v) is 18.6. The highest BCUT2D eigenvalue weighted by molar-refractivity contribution is 6.03. The summed E-state index contributed by atoms with van der Waals surface area (Å²) < 4.78 is 54.3. The molecule has 0 radical (unpaired) electrons. The Morgan fingerprint density at radius 3 is 2.71 bits per heavy atom. The number of carbonyl (C=O) groups excluding carboxylic acids is 1. The second-order valence-electron chi connectivity index (χ2n) is 15.1. The number of alkyl halides is 1. The lowest BCUT2D eigenvalue weighted by Crippen LogP contribution is -2.56. The normalized spacial score (nSPS) is 23.2. The number of imidazole rings is 1. The van der Waals surface area contributed by atoms with Gasteiger partial charge in [-0.3, -0.25) is 14.7 Å². The van der Waals surface area contributed by atoms with Gasteiger partial charge in [-0.05, 0) is 60.7 Å². The van der Waals surface area contributed by atoms with Crippen LogP contribution in [0.4, 0.5) is 24.9 Å². The largest absolute Gasteiger partial charge is 0.508 e. The molecule has 0 aliphatic carbocycles. The number of aromatic hydroxyl groups is 1. The summed E-state index contributed by atoms with van der Waals surface area (Å²) in [7, 11) is 0. The lowest BCUT2D eigenvalue weighted by atomic mass is 9.95. The highest BCUT2D eigenvalue weighted by Gasteiger charge is 2.49. The van der Waals surface area contributed by atoms with Gasteiger partial charge >= 0.3 is 12.0 Å². The topological polar surface area (TPSA) is 156 Å². The van der Waals surface area contributed by atoms with Gasteiger partial charge in [-0.1, -0.05) is 17.0 Å². The number of fused-ring (bicyclic) bond motifs is 5. The van der Waals surface area contributed by atoms with E-state index in [1.807, 2.05) is 9.80 Å². The zero-order valence-corrected chi connectivity index (χ0v) is 30.1. The van der Waals surface area contributed by atoms with E-state index in [9.17, 15) is 28.8 Å². The molecular weight excluding hydrogens is 731 g/mol. The zero-order chi connectivity index (χ0) is 38.9. The van der Waals surface area contributed by atoms with Crippen molar-refractivity contribution in [1.82, 2.24) is 34.3 Å². The molecule has 4 aliphatic heterocycles. The molecule has 0 spiro atoms. The summed E-state index contributed by atoms with van der Waals surface area (Å²) in [4.78, 5) is 47.8. The molecule has 4 atom stereocenters. The molecular formula is C39H36F3N9O5. The lowest BCUT2D eigenvalue weighted by molar-refractivity contribution is -0.396. The van der Waals surface area contributed by atoms with Crippen LogP contribution in [-0.2, 0) is 11.3 Å². The summed E-state index contributed by atoms with van der Waals surface area (Å²) >= 11 is 0. The number of nitrogens with zero attached hydrogens (tertiary/aromatic N) is 9. The monoisotopic (exact) mass is 767 g/mol. The molecule has 4 fully saturated rings. The number of hydrogen-bond donors (Lipinski definition) is 1. The minimum absolute atomic E-state index is 0.0457. The van der Waals surface area contributed by atoms with E-state index in [0.29, 0.717) is 50.1 Å². The molecule has 2 aromatic carbocycles. The van der Waals surface area contributed by atoms with Gasteiger partial charge in [0, 0.05) is 55.3 Å². The van der Waals surface area contributed by atoms with E-state index in [1.165, 1.54) is 47.4 Å². The number of piperazine rings is 1. The van der Waals surface area contributed by atoms with Crippen LogP contribution in [0.3, 0.4) is 0 Å². The van der Waals surface area contributed by atoms with Crippen LogP contribution in [0.2, 0.25) is 0 Å². The van der Waals surface area contributed by atoms with E-state index in [1.54, 1.807) is 0 Å². The molecule has 3 aromatic heterocycles. The molecule has 7 heterocycles. The molecule has 1 amide bonds. The number of anilines is 1. The van der Waals surface area contributed by atoms with Crippen LogP contribution in [0.25, 0.3) is 32.9 Å². The molecule has 14 nitrogen and oxygen atoms in total. The van der Waals surface area contributed by atoms with Crippen LogP contribution < -0.4 is 9.64 Å². The second-order valence-corrected chi connectivity index (χ2v) is 15.1. The fourth-order valence-electron chi connectivity index (χ4n) is 9.39. The molecule has 4 saturated heterocycles. The molecule has 2 bridgehead atoms. The van der Waals surface area contributed by atoms with Crippen LogP contribution in [-0.4, -0.2) is 107 Å². The Kier molecular flexibility index (Phi) is 8.68. The van der Waals surface area contributed by atoms with Crippen molar-refractivity contribution in [2.45, 2.75) is 68.9 Å². The number of rotatable bonds is 9. The van der Waals surface area contributed by atoms with Crippen molar-refractivity contribution < 1.29 is 32.7 Å². The number of amides is 1. The van der Waals surface area contributed by atoms with Crippen LogP contribution in [0.15, 0.2) is 42.9 Å². The Bertz CT molecular complexity index is 2460. The number of pyridine rings is 1. The molecule has 9 rings (SSSR count). The zero-order valence-electron chi connectivity index (χ0n) is 30.1. The van der Waals surface area contributed by atoms with Crippen LogP contribution >= 0.6 is 0 Å². The van der Waals surface area contributed by atoms with E-state index in [-0.39, 0.29) is 88.4 Å². The van der Waals surface area contributed by atoms with Gasteiger partial charge in [0.1, 0.15) is 53.8 Å². The average molecular weight is 768 g/mol. The van der Waals surface area contributed by atoms with E-state index in [2.05, 4.69) is 25.8 Å². The lowest BCUT2D eigenvalue weighted by Gasteiger charge is -2.42. The first-order valence-electron chi connectivity index (χ1n) is 18.6. The molecule has 56 heavy (non-hydrogen) atoms. The number of nitro groups is 1. The fourth-order valence-corrected chi connectivity index (χ4v) is 9.39. The second kappa shape index (κ2) is 13.6. The van der Waals surface area contributed by atoms with Gasteiger partial charge in [-0.25, -0.2) is 17.7 Å². The van der Waals surface area contributed by atoms with Crippen molar-refractivity contribution in [3.05, 3.63) is 70.2 Å². The summed E-state index contributed by atoms with van der Waals surface area (Å²) in [6.07, 6.45) is 12.3. The molecule has 5 aromatic rings. The predicted octanol–water partition coefficient (Wildman–Crippen LogP) is 5.14. The number of aromatic nitrogens is 5. The summed E-state index contributed by atoms with van der Waals surface area (Å²) in [6, 6.07) is 4.76. The third-order valence-electron chi connectivity index (χ3n) is 11.8. The van der Waals surface area contributed by atoms with Crippen LogP contribution in [0, 0.1) is 34.1 Å². The number of benzene rings is 2. The first kappa shape index (κ1) is 35.7. The van der Waals surface area contributed by atoms with Crippen LogP contribution in [0.5, 0.6) is 11.8 Å². The Morgan fingerprint density at radius 2 is 1.95 bits per heavy atom. The fraction of sp³-hybridized carbons (Fsp3) is 0.410. The molecule has 288 valence electrons. The van der Waals surface area contributed by atoms with Gasteiger partial charge in [0.25, 0.3) is 0 Å². The SMILES string of the molecule is C#Cc1c(F)ccc2cc(O)cc(-c3ncc4c(N5CC6CCC(C5)N6C(=O)CCn5ccnc5[N+](=O)[O-])nc(OC[C@@]56CCCN5C[C@H](F)C6)nc4c3F)c12. The maximum Gasteiger partial charge on any atom is 0.434 e. The van der Waals surface area contributed by atoms with E-state index in [4.69, 9.17) is 16.1 Å². The Hall–Kier alpha value is -6.02. The average Bonchev–Trinajstić information content (AvgIpc) is 3.94. The highest BCUT2D eigenvalue weighted by Crippen LogP contribution is 2.42. The molecule has 4 aliphatic rings. The maximum absolute atomic E-state index is 17.1. The number of halogens is 3. The first-order chi connectivity index (χ1) is 27.0. The number of aryl methyl sites for hydroxylation is 1. The van der Waals surface area contributed by atoms with Crippen molar-refractivity contribution in [3.8, 4) is 35.4 Å². The van der Waals surface area contributed by atoms with Gasteiger partial charge in [-0.15, -0.1) is 6.42 Å². The van der Waals surface area contributed by atoms with E-state index >= 15 is 4.39 Å². The minimum Gasteiger partial charge on any atom is -0.508 e. The van der Waals surface area contributed by atoms with Crippen molar-refractivity contribution in [2.75, 3.05) is 37.7 Å². The summed E-state index contributed by atoms with van der Waals surface area (Å²) in [5.74, 6) is 0.455. The Morgan fingerprint density at radius 1 is 1.14 bits per heavy atom. The third kappa shape index (κ3) is 5.90. The van der Waals surface area contributed by atoms with E-state index in [0.717, 1.165) is 19.4 Å². The molecule has 2 unspecified atom stereocenters. The van der Waals surface area contributed by atoms with Gasteiger partial charge in [0.2, 0.25) is 5.91 Å². The Labute approximate surface area is 318 Å². The van der Waals surface area contributed by atoms with Crippen molar-refractivity contribution in [3.63, 3.8) is 0 Å². The highest BCUT2D eigenvalue weighted by atomic mass is 19.1. The maximum atomic E-state index is 17.1. The minimum atomic E-state index is -0.988. The number of carbonyl (C=O) groups is 1. The van der Waals surface area contributed by atoms with Crippen LogP contribution in [0.1, 0.15) is 44.1 Å².